The van der Waals surface area contributed by atoms with Crippen LogP contribution in [0.25, 0.3) is 9.91 Å². The van der Waals surface area contributed by atoms with E-state index in [1.54, 1.807) is 6.07 Å². The molecule has 0 fully saturated rings. The number of carbonyl (C=O) groups excluding carboxylic acids is 2. The van der Waals surface area contributed by atoms with E-state index in [1.165, 1.54) is 50.2 Å². The molecule has 15 nitrogen and oxygen atoms in total. The maximum Gasteiger partial charge on any atom is 0.418 e. The molecule has 0 aliphatic carbocycles. The second-order valence-corrected chi connectivity index (χ2v) is 11.4. The molecule has 0 radical (unpaired) electrons. The van der Waals surface area contributed by atoms with Gasteiger partial charge < -0.3 is 22.9 Å². The van der Waals surface area contributed by atoms with Crippen molar-refractivity contribution in [2.75, 3.05) is 11.2 Å². The van der Waals surface area contributed by atoms with Gasteiger partial charge in [-0.2, -0.15) is 44.4 Å². The van der Waals surface area contributed by atoms with Crippen LogP contribution >= 0.6 is 12.4 Å². The monoisotopic (exact) mass is 837 g/mol. The van der Waals surface area contributed by atoms with Crippen LogP contribution in [0.5, 0.6) is 0 Å². The minimum absolute atomic E-state index is 0. The molecule has 2 aromatic carbocycles. The quantitative estimate of drug-likeness (QED) is 0.0251. The highest BCUT2D eigenvalue weighted by Crippen LogP contribution is 2.36. The topological polar surface area (TPSA) is 235 Å². The van der Waals surface area contributed by atoms with Crippen LogP contribution in [0.15, 0.2) is 70.8 Å². The van der Waals surface area contributed by atoms with Crippen molar-refractivity contribution in [3.8, 4) is 0 Å². The van der Waals surface area contributed by atoms with Crippen molar-refractivity contribution in [2.45, 2.75) is 66.7 Å². The zero-order valence-electron chi connectivity index (χ0n) is 32.1. The number of para-hydroxylation sites is 2. The number of amidine groups is 1. The smallest absolute Gasteiger partial charge is 0.398 e. The van der Waals surface area contributed by atoms with E-state index >= 15 is 0 Å². The van der Waals surface area contributed by atoms with Crippen molar-refractivity contribution in [3.63, 3.8) is 0 Å². The molecule has 2 aromatic heterocycles. The Bertz CT molecular complexity index is 2040. The number of rotatable bonds is 6. The lowest BCUT2D eigenvalue weighted by Crippen LogP contribution is -2.21. The number of Topliss-reactive ketones (excluding diaryl/α,β-unsaturated/α-hetero) is 2. The van der Waals surface area contributed by atoms with E-state index in [9.17, 15) is 35.9 Å². The molecular formula is C36H42ClF6N13O2. The molecule has 0 saturated carbocycles. The predicted molar refractivity (Wildman–Crippen MR) is 211 cm³/mol. The van der Waals surface area contributed by atoms with Gasteiger partial charge >= 0.3 is 12.4 Å². The van der Waals surface area contributed by atoms with Crippen LogP contribution in [-0.4, -0.2) is 43.3 Å². The van der Waals surface area contributed by atoms with Gasteiger partial charge in [-0.1, -0.05) is 29.7 Å². The predicted octanol–water partition coefficient (Wildman–Crippen LogP) is 7.04. The highest BCUT2D eigenvalue weighted by molar-refractivity contribution is 5.96. The van der Waals surface area contributed by atoms with Crippen LogP contribution in [0.2, 0.25) is 0 Å². The summed E-state index contributed by atoms with van der Waals surface area (Å²) in [6.45, 7) is 22.7. The number of aliphatic imine (C=N–C) groups is 1. The van der Waals surface area contributed by atoms with E-state index in [4.69, 9.17) is 36.1 Å². The van der Waals surface area contributed by atoms with Gasteiger partial charge in [-0.05, 0) is 77.9 Å². The number of guanidine groups is 1. The Kier molecular flexibility index (Phi) is 23.9. The van der Waals surface area contributed by atoms with Crippen molar-refractivity contribution >= 4 is 53.1 Å². The first kappa shape index (κ1) is 53.2. The number of hydrogen-bond acceptors (Lipinski definition) is 10. The van der Waals surface area contributed by atoms with Crippen molar-refractivity contribution < 1.29 is 35.9 Å². The van der Waals surface area contributed by atoms with Crippen molar-refractivity contribution in [3.05, 3.63) is 123 Å². The van der Waals surface area contributed by atoms with Gasteiger partial charge in [0.05, 0.1) is 29.7 Å². The molecule has 2 heterocycles. The third kappa shape index (κ3) is 23.8. The number of ketones is 2. The fourth-order valence-electron chi connectivity index (χ4n) is 4.03. The molecule has 9 N–H and O–H groups in total. The van der Waals surface area contributed by atoms with Gasteiger partial charge in [0.15, 0.2) is 0 Å². The summed E-state index contributed by atoms with van der Waals surface area (Å²) in [6.07, 6.45) is -8.64. The molecule has 0 amide bonds. The Morgan fingerprint density at radius 3 is 1.52 bits per heavy atom. The normalized spacial score (nSPS) is 10.2. The first-order valence-corrected chi connectivity index (χ1v) is 16.0. The molecule has 0 unspecified atom stereocenters. The standard InChI is InChI=1S/C15H15F3N4.C7H6F3N.C7H8N4.C5H8O2.C2H4N4.ClH/c1-9-7-10(2)21-14(20-9)8-13(19)22-12-6-4-3-5-11(12)15(16,17)18;8-7(9,10)5-3-1-2-4-6(5)11;1-5-4-6(2)10-7(9-5)11-8-3;1-4(6)3-5(2)7;1-5-6-2(3)4;/h3-7H,8H2,1-2H3,(H2,19,22);1-4H,11H2;4H,1-2H3,(H,9,10,11);3H2,1-2H3;(H4,3,4,6);1H. The van der Waals surface area contributed by atoms with Gasteiger partial charge in [0.1, 0.15) is 28.3 Å². The van der Waals surface area contributed by atoms with E-state index in [0.717, 1.165) is 34.9 Å². The average Bonchev–Trinajstić information content (AvgIpc) is 3.04. The summed E-state index contributed by atoms with van der Waals surface area (Å²) in [4.78, 5) is 45.8. The number of aromatic nitrogens is 4. The summed E-state index contributed by atoms with van der Waals surface area (Å²) in [5.41, 5.74) is 23.9. The number of nitrogens with one attached hydrogen (secondary N) is 1. The molecule has 0 atom stereocenters. The molecule has 0 aliphatic rings. The largest absolute Gasteiger partial charge is 0.418 e. The Morgan fingerprint density at radius 1 is 0.741 bits per heavy atom. The molecule has 4 rings (SSSR count). The minimum atomic E-state index is -4.48. The van der Waals surface area contributed by atoms with Gasteiger partial charge in [-0.3, -0.25) is 9.59 Å². The molecular weight excluding hydrogens is 796 g/mol. The Morgan fingerprint density at radius 2 is 1.17 bits per heavy atom. The minimum Gasteiger partial charge on any atom is -0.398 e. The second kappa shape index (κ2) is 26.1. The first-order valence-electron chi connectivity index (χ1n) is 16.0. The molecule has 4 aromatic rings. The fourth-order valence-corrected chi connectivity index (χ4v) is 4.03. The highest BCUT2D eigenvalue weighted by Gasteiger charge is 2.33. The molecule has 0 saturated heterocycles. The number of benzene rings is 2. The molecule has 0 spiro atoms. The Labute approximate surface area is 337 Å². The van der Waals surface area contributed by atoms with Crippen LogP contribution in [-0.2, 0) is 28.4 Å². The third-order valence-corrected chi connectivity index (χ3v) is 5.91. The number of nitrogens with zero attached hydrogens (tertiary/aromatic N) is 8. The average molecular weight is 838 g/mol. The fraction of sp³-hybridized carbons (Fsp3) is 0.278. The summed E-state index contributed by atoms with van der Waals surface area (Å²) in [5, 5.41) is 2.89. The van der Waals surface area contributed by atoms with E-state index < -0.39 is 23.5 Å². The lowest BCUT2D eigenvalue weighted by Gasteiger charge is -2.10. The van der Waals surface area contributed by atoms with E-state index in [1.807, 2.05) is 33.8 Å². The number of halogens is 7. The number of nitrogen functional groups attached to an aromatic ring is 1. The molecule has 0 aliphatic heterocycles. The van der Waals surface area contributed by atoms with Gasteiger partial charge in [0.2, 0.25) is 0 Å². The maximum atomic E-state index is 12.9. The number of nitrogens with two attached hydrogens (primary N) is 4. The summed E-state index contributed by atoms with van der Waals surface area (Å²) in [6, 6.07) is 13.6. The summed E-state index contributed by atoms with van der Waals surface area (Å²) in [7, 11) is 0. The number of hydrogen-bond donors (Lipinski definition) is 5. The van der Waals surface area contributed by atoms with Crippen LogP contribution in [0.1, 0.15) is 60.0 Å². The van der Waals surface area contributed by atoms with Gasteiger partial charge in [0.25, 0.3) is 11.9 Å². The summed E-state index contributed by atoms with van der Waals surface area (Å²) < 4.78 is 74.6. The zero-order valence-corrected chi connectivity index (χ0v) is 32.9. The molecule has 0 bridgehead atoms. The van der Waals surface area contributed by atoms with Gasteiger partial charge in [0, 0.05) is 28.5 Å². The maximum absolute atomic E-state index is 12.9. The van der Waals surface area contributed by atoms with Crippen molar-refractivity contribution in [1.82, 2.24) is 19.9 Å². The summed E-state index contributed by atoms with van der Waals surface area (Å²) in [5.74, 6) is 0.521. The lowest BCUT2D eigenvalue weighted by atomic mass is 10.1. The van der Waals surface area contributed by atoms with E-state index in [2.05, 4.69) is 45.4 Å². The van der Waals surface area contributed by atoms with E-state index in [-0.39, 0.29) is 60.0 Å². The number of aryl methyl sites for hydroxylation is 4. The van der Waals surface area contributed by atoms with Crippen molar-refractivity contribution in [1.29, 1.82) is 0 Å². The van der Waals surface area contributed by atoms with Crippen LogP contribution in [0.4, 0.5) is 43.7 Å². The number of anilines is 2. The van der Waals surface area contributed by atoms with Crippen LogP contribution < -0.4 is 28.4 Å². The third-order valence-electron chi connectivity index (χ3n) is 5.91. The number of carbonyl (C=O) groups is 2. The first-order chi connectivity index (χ1) is 26.4. The van der Waals surface area contributed by atoms with E-state index in [0.29, 0.717) is 11.8 Å². The molecule has 58 heavy (non-hydrogen) atoms. The number of alkyl halides is 6. The molecule has 22 heteroatoms. The Hall–Kier alpha value is -6.87. The van der Waals surface area contributed by atoms with Crippen molar-refractivity contribution in [2.24, 2.45) is 27.3 Å². The lowest BCUT2D eigenvalue weighted by molar-refractivity contribution is -0.137. The van der Waals surface area contributed by atoms with Crippen LogP contribution in [0, 0.1) is 40.8 Å². The second-order valence-electron chi connectivity index (χ2n) is 11.4. The van der Waals surface area contributed by atoms with Gasteiger partial charge in [-0.15, -0.1) is 17.4 Å². The van der Waals surface area contributed by atoms with Gasteiger partial charge in [-0.25, -0.2) is 24.9 Å². The zero-order chi connectivity index (χ0) is 43.9. The van der Waals surface area contributed by atoms with Crippen LogP contribution in [0.3, 0.4) is 0 Å². The molecule has 312 valence electrons. The Balaban J connectivity index is 0. The highest BCUT2D eigenvalue weighted by atomic mass is 35.5. The summed E-state index contributed by atoms with van der Waals surface area (Å²) >= 11 is 0. The SMILES string of the molecule is CC(=O)CC(C)=O.Cc1cc(C)nc(CC(N)=Nc2ccccc2C(F)(F)F)n1.Cl.Nc1ccccc1C(F)(F)F.[C-]#[N+]N=C(N)N.[C-]#[N+]Nc1nc(C)cc(C)n1.